The molecule has 1 aromatic rings. The summed E-state index contributed by atoms with van der Waals surface area (Å²) in [6.45, 7) is 0. The lowest BCUT2D eigenvalue weighted by Crippen LogP contribution is -2.23. The van der Waals surface area contributed by atoms with Crippen LogP contribution in [0.25, 0.3) is 0 Å². The number of hydrogen-bond acceptors (Lipinski definition) is 3. The number of anilines is 1. The first kappa shape index (κ1) is 15.1. The predicted octanol–water partition coefficient (Wildman–Crippen LogP) is 2.36. The molecule has 1 atom stereocenters. The van der Waals surface area contributed by atoms with E-state index < -0.39 is 11.0 Å². The highest BCUT2D eigenvalue weighted by Crippen LogP contribution is 2.23. The summed E-state index contributed by atoms with van der Waals surface area (Å²) in [5, 5.41) is 8.46. The Balaban J connectivity index is 1.99. The molecule has 1 heterocycles. The summed E-state index contributed by atoms with van der Waals surface area (Å²) >= 11 is 0. The van der Waals surface area contributed by atoms with Crippen LogP contribution in [0.2, 0.25) is 0 Å². The Hall–Kier alpha value is -1.27. The number of amides is 1. The third kappa shape index (κ3) is 4.38. The Morgan fingerprint density at radius 3 is 2.55 bits per heavy atom. The topological polar surface area (TPSA) is 85.1 Å². The molecular formula is C14H21N3O2S. The zero-order valence-corrected chi connectivity index (χ0v) is 12.3. The van der Waals surface area contributed by atoms with Crippen LogP contribution in [0.3, 0.4) is 0 Å². The van der Waals surface area contributed by atoms with Gasteiger partial charge in [-0.25, -0.2) is 14.3 Å². The second kappa shape index (κ2) is 7.50. The van der Waals surface area contributed by atoms with Gasteiger partial charge in [-0.3, -0.25) is 4.79 Å². The maximum Gasteiger partial charge on any atom is 0.227 e. The lowest BCUT2D eigenvalue weighted by Gasteiger charge is -2.19. The largest absolute Gasteiger partial charge is 0.326 e. The van der Waals surface area contributed by atoms with Gasteiger partial charge in [-0.15, -0.1) is 0 Å². The molecule has 1 amide bonds. The van der Waals surface area contributed by atoms with Crippen molar-refractivity contribution in [1.29, 1.82) is 0 Å². The smallest absolute Gasteiger partial charge is 0.227 e. The van der Waals surface area contributed by atoms with Crippen molar-refractivity contribution in [1.82, 2.24) is 4.98 Å². The highest BCUT2D eigenvalue weighted by molar-refractivity contribution is 7.82. The molecule has 0 saturated heterocycles. The van der Waals surface area contributed by atoms with E-state index in [9.17, 15) is 9.00 Å². The van der Waals surface area contributed by atoms with E-state index in [1.807, 2.05) is 0 Å². The van der Waals surface area contributed by atoms with Crippen LogP contribution >= 0.6 is 0 Å². The molecule has 1 aromatic heterocycles. The molecule has 3 N–H and O–H groups in total. The van der Waals surface area contributed by atoms with Gasteiger partial charge in [-0.1, -0.05) is 32.1 Å². The van der Waals surface area contributed by atoms with Crippen molar-refractivity contribution in [3.05, 3.63) is 18.3 Å². The van der Waals surface area contributed by atoms with Gasteiger partial charge in [0.1, 0.15) is 16.0 Å². The number of aromatic nitrogens is 1. The molecule has 1 aliphatic rings. The fraction of sp³-hybridized carbons (Fsp3) is 0.571. The third-order valence-corrected chi connectivity index (χ3v) is 4.32. The van der Waals surface area contributed by atoms with E-state index in [0.29, 0.717) is 5.69 Å². The van der Waals surface area contributed by atoms with Gasteiger partial charge in [0.2, 0.25) is 5.91 Å². The Morgan fingerprint density at radius 2 is 1.90 bits per heavy atom. The molecule has 0 bridgehead atoms. The van der Waals surface area contributed by atoms with Gasteiger partial charge >= 0.3 is 0 Å². The number of pyridine rings is 1. The lowest BCUT2D eigenvalue weighted by atomic mass is 9.90. The standard InChI is InChI=1S/C14H21N3O2S/c15-20(19)13-10-12(8-9-16-13)17-14(18)11-6-4-2-1-3-5-7-11/h8-11H,1-7,15H2,(H,16,17,18). The molecule has 0 aromatic carbocycles. The van der Waals surface area contributed by atoms with Crippen molar-refractivity contribution in [3.8, 4) is 0 Å². The molecule has 110 valence electrons. The summed E-state index contributed by atoms with van der Waals surface area (Å²) < 4.78 is 11.2. The average molecular weight is 295 g/mol. The minimum atomic E-state index is -1.63. The minimum Gasteiger partial charge on any atom is -0.326 e. The van der Waals surface area contributed by atoms with E-state index in [1.54, 1.807) is 12.1 Å². The Bertz CT molecular complexity index is 485. The molecule has 1 fully saturated rings. The van der Waals surface area contributed by atoms with E-state index in [4.69, 9.17) is 5.14 Å². The van der Waals surface area contributed by atoms with Crippen LogP contribution in [-0.4, -0.2) is 15.1 Å². The quantitative estimate of drug-likeness (QED) is 0.897. The maximum atomic E-state index is 12.3. The average Bonchev–Trinajstić information content (AvgIpc) is 2.38. The van der Waals surface area contributed by atoms with E-state index in [-0.39, 0.29) is 16.9 Å². The second-order valence-corrected chi connectivity index (χ2v) is 6.22. The molecule has 1 aliphatic carbocycles. The van der Waals surface area contributed by atoms with Crippen molar-refractivity contribution in [2.45, 2.75) is 50.0 Å². The third-order valence-electron chi connectivity index (χ3n) is 3.68. The van der Waals surface area contributed by atoms with Crippen LogP contribution in [0.1, 0.15) is 44.9 Å². The molecule has 1 saturated carbocycles. The van der Waals surface area contributed by atoms with E-state index >= 15 is 0 Å². The summed E-state index contributed by atoms with van der Waals surface area (Å²) in [7, 11) is -1.63. The molecule has 2 rings (SSSR count). The van der Waals surface area contributed by atoms with E-state index in [1.165, 1.54) is 25.5 Å². The molecule has 5 nitrogen and oxygen atoms in total. The van der Waals surface area contributed by atoms with Crippen molar-refractivity contribution in [2.75, 3.05) is 5.32 Å². The van der Waals surface area contributed by atoms with Crippen LogP contribution in [-0.2, 0) is 15.8 Å². The van der Waals surface area contributed by atoms with Crippen LogP contribution < -0.4 is 10.5 Å². The fourth-order valence-electron chi connectivity index (χ4n) is 2.56. The number of carbonyl (C=O) groups is 1. The first-order valence-electron chi connectivity index (χ1n) is 7.10. The van der Waals surface area contributed by atoms with Crippen LogP contribution in [0.5, 0.6) is 0 Å². The Kier molecular flexibility index (Phi) is 5.67. The van der Waals surface area contributed by atoms with Crippen molar-refractivity contribution in [2.24, 2.45) is 11.1 Å². The second-order valence-electron chi connectivity index (χ2n) is 5.21. The monoisotopic (exact) mass is 295 g/mol. The van der Waals surface area contributed by atoms with Gasteiger partial charge in [-0.2, -0.15) is 0 Å². The van der Waals surface area contributed by atoms with Gasteiger partial charge in [0.25, 0.3) is 0 Å². The normalized spacial score (nSPS) is 18.9. The number of hydrogen-bond donors (Lipinski definition) is 2. The molecule has 6 heteroatoms. The van der Waals surface area contributed by atoms with E-state index in [0.717, 1.165) is 25.7 Å². The van der Waals surface area contributed by atoms with Gasteiger partial charge in [0.05, 0.1) is 0 Å². The van der Waals surface area contributed by atoms with Gasteiger partial charge in [0.15, 0.2) is 0 Å². The summed E-state index contributed by atoms with van der Waals surface area (Å²) in [6.07, 6.45) is 9.36. The molecule has 20 heavy (non-hydrogen) atoms. The molecular weight excluding hydrogens is 274 g/mol. The van der Waals surface area contributed by atoms with Crippen LogP contribution in [0, 0.1) is 5.92 Å². The van der Waals surface area contributed by atoms with Crippen LogP contribution in [0.4, 0.5) is 5.69 Å². The van der Waals surface area contributed by atoms with Gasteiger partial charge in [0, 0.05) is 17.8 Å². The number of carbonyl (C=O) groups excluding carboxylic acids is 1. The van der Waals surface area contributed by atoms with Gasteiger partial charge in [-0.05, 0) is 25.0 Å². The first-order valence-corrected chi connectivity index (χ1v) is 8.31. The summed E-state index contributed by atoms with van der Waals surface area (Å²) in [5.74, 6) is 0.127. The predicted molar refractivity (Wildman–Crippen MR) is 79.3 cm³/mol. The first-order chi connectivity index (χ1) is 9.66. The highest BCUT2D eigenvalue weighted by Gasteiger charge is 2.19. The van der Waals surface area contributed by atoms with E-state index in [2.05, 4.69) is 10.3 Å². The minimum absolute atomic E-state index is 0.0480. The fourth-order valence-corrected chi connectivity index (χ4v) is 2.97. The zero-order valence-electron chi connectivity index (χ0n) is 11.5. The number of rotatable bonds is 3. The number of nitrogens with two attached hydrogens (primary N) is 1. The van der Waals surface area contributed by atoms with Crippen molar-refractivity contribution in [3.63, 3.8) is 0 Å². The van der Waals surface area contributed by atoms with Crippen LogP contribution in [0.15, 0.2) is 23.4 Å². The number of nitrogens with one attached hydrogen (secondary N) is 1. The maximum absolute atomic E-state index is 12.3. The lowest BCUT2D eigenvalue weighted by molar-refractivity contribution is -0.120. The van der Waals surface area contributed by atoms with Crippen molar-refractivity contribution >= 4 is 22.6 Å². The Morgan fingerprint density at radius 1 is 1.25 bits per heavy atom. The molecule has 1 unspecified atom stereocenters. The summed E-state index contributed by atoms with van der Waals surface area (Å²) in [6, 6.07) is 3.26. The SMILES string of the molecule is NS(=O)c1cc(NC(=O)C2CCCCCCC2)ccn1. The number of nitrogens with zero attached hydrogens (tertiary/aromatic N) is 1. The summed E-state index contributed by atoms with van der Waals surface area (Å²) in [5.41, 5.74) is 0.612. The zero-order chi connectivity index (χ0) is 14.4. The summed E-state index contributed by atoms with van der Waals surface area (Å²) in [4.78, 5) is 16.2. The van der Waals surface area contributed by atoms with Crippen molar-refractivity contribution < 1.29 is 9.00 Å². The highest BCUT2D eigenvalue weighted by atomic mass is 32.2. The molecule has 0 spiro atoms. The molecule has 0 aliphatic heterocycles. The van der Waals surface area contributed by atoms with Gasteiger partial charge < -0.3 is 5.32 Å². The molecule has 0 radical (unpaired) electrons. The Labute approximate surface area is 121 Å².